The quantitative estimate of drug-likeness (QED) is 0.607. The molecular weight excluding hydrogens is 286 g/mol. The van der Waals surface area contributed by atoms with Crippen LogP contribution in [-0.2, 0) is 6.54 Å². The lowest BCUT2D eigenvalue weighted by atomic mass is 10.1. The van der Waals surface area contributed by atoms with E-state index in [9.17, 15) is 0 Å². The number of aromatic nitrogens is 4. The molecule has 4 aromatic rings. The van der Waals surface area contributed by atoms with E-state index in [-0.39, 0.29) is 0 Å². The summed E-state index contributed by atoms with van der Waals surface area (Å²) in [5, 5.41) is 1.28. The van der Waals surface area contributed by atoms with Gasteiger partial charge in [0.2, 0.25) is 0 Å². The van der Waals surface area contributed by atoms with Crippen molar-refractivity contribution in [3.8, 4) is 0 Å². The van der Waals surface area contributed by atoms with Crippen LogP contribution in [0.3, 0.4) is 0 Å². The second-order valence-corrected chi connectivity index (χ2v) is 5.96. The van der Waals surface area contributed by atoms with Crippen LogP contribution in [0.2, 0.25) is 0 Å². The van der Waals surface area contributed by atoms with E-state index in [1.807, 2.05) is 19.2 Å². The van der Waals surface area contributed by atoms with Gasteiger partial charge in [0, 0.05) is 29.8 Å². The van der Waals surface area contributed by atoms with Gasteiger partial charge < -0.3 is 14.9 Å². The standard InChI is InChI=1S/C18H19N5/c1-11-13-6-4-5-7-14(13)22-16(11)10-23(3)18-17-15(8-9-19-17)20-12(2)21-18/h4-9,19,22H,10H2,1-3H3. The summed E-state index contributed by atoms with van der Waals surface area (Å²) in [6.07, 6.45) is 1.91. The highest BCUT2D eigenvalue weighted by atomic mass is 15.2. The van der Waals surface area contributed by atoms with Gasteiger partial charge in [0.05, 0.1) is 12.1 Å². The predicted octanol–water partition coefficient (Wildman–Crippen LogP) is 3.69. The van der Waals surface area contributed by atoms with Crippen molar-refractivity contribution in [2.45, 2.75) is 20.4 Å². The van der Waals surface area contributed by atoms with Crippen molar-refractivity contribution in [3.05, 3.63) is 53.6 Å². The number of benzene rings is 1. The molecule has 0 spiro atoms. The first-order valence-electron chi connectivity index (χ1n) is 7.72. The Morgan fingerprint density at radius 1 is 1.09 bits per heavy atom. The van der Waals surface area contributed by atoms with Gasteiger partial charge in [-0.3, -0.25) is 0 Å². The fourth-order valence-electron chi connectivity index (χ4n) is 3.13. The summed E-state index contributed by atoms with van der Waals surface area (Å²) in [4.78, 5) is 18.0. The van der Waals surface area contributed by atoms with E-state index in [1.54, 1.807) is 0 Å². The molecule has 116 valence electrons. The number of H-pyrrole nitrogens is 2. The van der Waals surface area contributed by atoms with Crippen LogP contribution < -0.4 is 4.90 Å². The zero-order valence-electron chi connectivity index (χ0n) is 13.5. The molecule has 0 aliphatic carbocycles. The average molecular weight is 305 g/mol. The summed E-state index contributed by atoms with van der Waals surface area (Å²) >= 11 is 0. The number of nitrogens with zero attached hydrogens (tertiary/aromatic N) is 3. The van der Waals surface area contributed by atoms with E-state index in [0.29, 0.717) is 0 Å². The summed E-state index contributed by atoms with van der Waals surface area (Å²) in [5.41, 5.74) is 5.61. The highest BCUT2D eigenvalue weighted by Gasteiger charge is 2.14. The number of aromatic amines is 2. The first kappa shape index (κ1) is 13.8. The molecule has 0 fully saturated rings. The summed E-state index contributed by atoms with van der Waals surface area (Å²) in [7, 11) is 2.06. The summed E-state index contributed by atoms with van der Waals surface area (Å²) in [6, 6.07) is 10.4. The van der Waals surface area contributed by atoms with E-state index >= 15 is 0 Å². The molecule has 3 aromatic heterocycles. The van der Waals surface area contributed by atoms with Crippen molar-refractivity contribution in [2.24, 2.45) is 0 Å². The second-order valence-electron chi connectivity index (χ2n) is 5.96. The molecule has 0 unspecified atom stereocenters. The minimum atomic E-state index is 0.769. The van der Waals surface area contributed by atoms with Crippen molar-refractivity contribution in [1.29, 1.82) is 0 Å². The summed E-state index contributed by atoms with van der Waals surface area (Å²) < 4.78 is 0. The smallest absolute Gasteiger partial charge is 0.156 e. The molecule has 1 aromatic carbocycles. The molecule has 0 aliphatic heterocycles. The third-order valence-electron chi connectivity index (χ3n) is 4.32. The first-order chi connectivity index (χ1) is 11.1. The van der Waals surface area contributed by atoms with Gasteiger partial charge >= 0.3 is 0 Å². The van der Waals surface area contributed by atoms with Gasteiger partial charge in [0.25, 0.3) is 0 Å². The molecule has 0 atom stereocenters. The summed E-state index contributed by atoms with van der Waals surface area (Å²) in [5.74, 6) is 1.71. The first-order valence-corrected chi connectivity index (χ1v) is 7.72. The van der Waals surface area contributed by atoms with Crippen LogP contribution in [0.1, 0.15) is 17.1 Å². The largest absolute Gasteiger partial charge is 0.357 e. The molecule has 4 rings (SSSR count). The maximum Gasteiger partial charge on any atom is 0.156 e. The fraction of sp³-hybridized carbons (Fsp3) is 0.222. The fourth-order valence-corrected chi connectivity index (χ4v) is 3.13. The Bertz CT molecular complexity index is 995. The molecule has 0 radical (unpaired) electrons. The molecular formula is C18H19N5. The number of nitrogens with one attached hydrogen (secondary N) is 2. The highest BCUT2D eigenvalue weighted by Crippen LogP contribution is 2.26. The van der Waals surface area contributed by atoms with Crippen LogP contribution in [0.5, 0.6) is 0 Å². The third-order valence-corrected chi connectivity index (χ3v) is 4.32. The van der Waals surface area contributed by atoms with Crippen LogP contribution in [-0.4, -0.2) is 27.0 Å². The van der Waals surface area contributed by atoms with Crippen LogP contribution in [0.4, 0.5) is 5.82 Å². The van der Waals surface area contributed by atoms with Crippen LogP contribution in [0.25, 0.3) is 21.9 Å². The van der Waals surface area contributed by atoms with E-state index < -0.39 is 0 Å². The predicted molar refractivity (Wildman–Crippen MR) is 93.8 cm³/mol. The number of anilines is 1. The van der Waals surface area contributed by atoms with Crippen LogP contribution in [0.15, 0.2) is 36.5 Å². The molecule has 2 N–H and O–H groups in total. The van der Waals surface area contributed by atoms with Crippen molar-refractivity contribution in [3.63, 3.8) is 0 Å². The molecule has 0 saturated carbocycles. The molecule has 0 aliphatic rings. The van der Waals surface area contributed by atoms with E-state index in [0.717, 1.165) is 29.2 Å². The van der Waals surface area contributed by atoms with Gasteiger partial charge in [0.15, 0.2) is 5.82 Å². The monoisotopic (exact) mass is 305 g/mol. The van der Waals surface area contributed by atoms with Crippen molar-refractivity contribution in [2.75, 3.05) is 11.9 Å². The molecule has 3 heterocycles. The van der Waals surface area contributed by atoms with Crippen molar-refractivity contribution in [1.82, 2.24) is 19.9 Å². The molecule has 0 saturated heterocycles. The van der Waals surface area contributed by atoms with Crippen LogP contribution in [0, 0.1) is 13.8 Å². The van der Waals surface area contributed by atoms with Gasteiger partial charge in [-0.25, -0.2) is 9.97 Å². The number of hydrogen-bond acceptors (Lipinski definition) is 3. The number of aryl methyl sites for hydroxylation is 2. The normalized spacial score (nSPS) is 11.4. The summed E-state index contributed by atoms with van der Waals surface area (Å²) in [6.45, 7) is 4.86. The zero-order valence-corrected chi connectivity index (χ0v) is 13.5. The maximum atomic E-state index is 4.62. The lowest BCUT2D eigenvalue weighted by molar-refractivity contribution is 0.864. The van der Waals surface area contributed by atoms with Gasteiger partial charge in [0.1, 0.15) is 11.3 Å². The number of fused-ring (bicyclic) bond motifs is 2. The number of hydrogen-bond donors (Lipinski definition) is 2. The zero-order chi connectivity index (χ0) is 16.0. The Morgan fingerprint density at radius 2 is 1.91 bits per heavy atom. The molecule has 0 amide bonds. The van der Waals surface area contributed by atoms with Gasteiger partial charge in [-0.2, -0.15) is 0 Å². The number of rotatable bonds is 3. The van der Waals surface area contributed by atoms with Gasteiger partial charge in [-0.15, -0.1) is 0 Å². The van der Waals surface area contributed by atoms with E-state index in [1.165, 1.54) is 22.2 Å². The Balaban J connectivity index is 1.75. The average Bonchev–Trinajstić information content (AvgIpc) is 3.12. The van der Waals surface area contributed by atoms with Gasteiger partial charge in [-0.1, -0.05) is 18.2 Å². The highest BCUT2D eigenvalue weighted by molar-refractivity contribution is 5.87. The van der Waals surface area contributed by atoms with Crippen molar-refractivity contribution >= 4 is 27.8 Å². The SMILES string of the molecule is Cc1nc(N(C)Cc2[nH]c3ccccc3c2C)c2[nH]ccc2n1. The Kier molecular flexibility index (Phi) is 3.08. The van der Waals surface area contributed by atoms with Gasteiger partial charge in [-0.05, 0) is 31.5 Å². The van der Waals surface area contributed by atoms with Crippen LogP contribution >= 0.6 is 0 Å². The molecule has 23 heavy (non-hydrogen) atoms. The lowest BCUT2D eigenvalue weighted by Gasteiger charge is -2.19. The number of para-hydroxylation sites is 1. The van der Waals surface area contributed by atoms with E-state index in [2.05, 4.69) is 63.1 Å². The lowest BCUT2D eigenvalue weighted by Crippen LogP contribution is -2.19. The molecule has 0 bridgehead atoms. The Hall–Kier alpha value is -2.82. The Morgan fingerprint density at radius 3 is 2.74 bits per heavy atom. The third kappa shape index (κ3) is 2.25. The maximum absolute atomic E-state index is 4.62. The second kappa shape index (κ2) is 5.12. The Labute approximate surface area is 134 Å². The molecule has 5 heteroatoms. The van der Waals surface area contributed by atoms with Crippen molar-refractivity contribution < 1.29 is 0 Å². The topological polar surface area (TPSA) is 60.6 Å². The minimum absolute atomic E-state index is 0.769. The molecule has 5 nitrogen and oxygen atoms in total. The minimum Gasteiger partial charge on any atom is -0.357 e. The van der Waals surface area contributed by atoms with E-state index in [4.69, 9.17) is 0 Å².